The lowest BCUT2D eigenvalue weighted by Crippen LogP contribution is -2.28. The summed E-state index contributed by atoms with van der Waals surface area (Å²) in [6.07, 6.45) is 3.11. The minimum absolute atomic E-state index is 0.287. The van der Waals surface area contributed by atoms with E-state index >= 15 is 0 Å². The highest BCUT2D eigenvalue weighted by Crippen LogP contribution is 2.27. The number of aryl methyl sites for hydroxylation is 1. The maximum Gasteiger partial charge on any atom is 0.123 e. The van der Waals surface area contributed by atoms with Gasteiger partial charge in [0, 0.05) is 23.9 Å². The topological polar surface area (TPSA) is 20.3 Å². The molecule has 2 rings (SSSR count). The Hall–Kier alpha value is -0.800. The smallest absolute Gasteiger partial charge is 0.123 e. The number of benzene rings is 1. The Labute approximate surface area is 101 Å². The fourth-order valence-electron chi connectivity index (χ4n) is 1.85. The van der Waals surface area contributed by atoms with Crippen LogP contribution in [0.2, 0.25) is 0 Å². The fourth-order valence-corrected chi connectivity index (χ4v) is 2.80. The highest BCUT2D eigenvalue weighted by molar-refractivity contribution is 7.97. The van der Waals surface area contributed by atoms with Crippen molar-refractivity contribution < 1.29 is 4.79 Å². The Morgan fingerprint density at radius 2 is 1.88 bits per heavy atom. The van der Waals surface area contributed by atoms with Gasteiger partial charge in [0.05, 0.1) is 0 Å². The lowest BCUT2D eigenvalue weighted by molar-refractivity contribution is -0.112. The van der Waals surface area contributed by atoms with E-state index in [9.17, 15) is 4.79 Å². The minimum atomic E-state index is 0.287. The highest BCUT2D eigenvalue weighted by Gasteiger charge is 2.18. The predicted octanol–water partition coefficient (Wildman–Crippen LogP) is 2.91. The Bertz CT molecular complexity index is 341. The van der Waals surface area contributed by atoms with Crippen LogP contribution >= 0.6 is 11.9 Å². The van der Waals surface area contributed by atoms with Crippen LogP contribution in [0.5, 0.6) is 0 Å². The Morgan fingerprint density at radius 1 is 1.25 bits per heavy atom. The molecular formula is C13H17NOS. The van der Waals surface area contributed by atoms with Crippen molar-refractivity contribution in [2.75, 3.05) is 13.1 Å². The summed E-state index contributed by atoms with van der Waals surface area (Å²) in [5.74, 6) is 0.287. The van der Waals surface area contributed by atoms with Gasteiger partial charge in [0.15, 0.2) is 0 Å². The third-order valence-electron chi connectivity index (χ3n) is 2.95. The van der Waals surface area contributed by atoms with E-state index in [4.69, 9.17) is 0 Å². The SMILES string of the molecule is Cc1ccc(SN2CCC(C=O)CC2)cc1. The molecule has 0 amide bonds. The van der Waals surface area contributed by atoms with Crippen LogP contribution in [0.4, 0.5) is 0 Å². The minimum Gasteiger partial charge on any atom is -0.303 e. The molecule has 0 atom stereocenters. The van der Waals surface area contributed by atoms with Gasteiger partial charge in [-0.25, -0.2) is 4.31 Å². The molecule has 0 aromatic heterocycles. The first-order chi connectivity index (χ1) is 7.78. The number of rotatable bonds is 3. The van der Waals surface area contributed by atoms with Gasteiger partial charge in [0.1, 0.15) is 6.29 Å². The van der Waals surface area contributed by atoms with Crippen molar-refractivity contribution in [1.82, 2.24) is 4.31 Å². The summed E-state index contributed by atoms with van der Waals surface area (Å²) in [5, 5.41) is 0. The number of carbonyl (C=O) groups excluding carboxylic acids is 1. The monoisotopic (exact) mass is 235 g/mol. The summed E-state index contributed by atoms with van der Waals surface area (Å²) in [5.41, 5.74) is 1.30. The van der Waals surface area contributed by atoms with Crippen molar-refractivity contribution in [3.8, 4) is 0 Å². The van der Waals surface area contributed by atoms with Gasteiger partial charge in [0.2, 0.25) is 0 Å². The normalized spacial score (nSPS) is 18.6. The second-order valence-corrected chi connectivity index (χ2v) is 5.48. The van der Waals surface area contributed by atoms with Gasteiger partial charge in [-0.1, -0.05) is 17.7 Å². The van der Waals surface area contributed by atoms with Gasteiger partial charge in [-0.2, -0.15) is 0 Å². The molecule has 1 aliphatic rings. The molecule has 1 aromatic carbocycles. The average molecular weight is 235 g/mol. The van der Waals surface area contributed by atoms with Gasteiger partial charge < -0.3 is 4.79 Å². The number of carbonyl (C=O) groups is 1. The van der Waals surface area contributed by atoms with Gasteiger partial charge in [0.25, 0.3) is 0 Å². The summed E-state index contributed by atoms with van der Waals surface area (Å²) in [6, 6.07) is 8.60. The molecule has 2 nitrogen and oxygen atoms in total. The molecule has 0 unspecified atom stereocenters. The van der Waals surface area contributed by atoms with Gasteiger partial charge in [-0.3, -0.25) is 0 Å². The lowest BCUT2D eigenvalue weighted by Gasteiger charge is -2.28. The molecule has 1 aliphatic heterocycles. The van der Waals surface area contributed by atoms with E-state index in [0.717, 1.165) is 32.2 Å². The number of piperidine rings is 1. The third-order valence-corrected chi connectivity index (χ3v) is 4.05. The van der Waals surface area contributed by atoms with E-state index in [1.807, 2.05) is 0 Å². The van der Waals surface area contributed by atoms with Crippen molar-refractivity contribution in [3.63, 3.8) is 0 Å². The highest BCUT2D eigenvalue weighted by atomic mass is 32.2. The van der Waals surface area contributed by atoms with E-state index in [2.05, 4.69) is 35.5 Å². The van der Waals surface area contributed by atoms with Crippen LogP contribution in [0.25, 0.3) is 0 Å². The largest absolute Gasteiger partial charge is 0.303 e. The summed E-state index contributed by atoms with van der Waals surface area (Å²) in [6.45, 7) is 4.13. The number of aldehydes is 1. The van der Waals surface area contributed by atoms with Crippen LogP contribution in [0, 0.1) is 12.8 Å². The maximum atomic E-state index is 10.6. The van der Waals surface area contributed by atoms with Gasteiger partial charge >= 0.3 is 0 Å². The van der Waals surface area contributed by atoms with Gasteiger partial charge in [-0.05, 0) is 43.8 Å². The van der Waals surface area contributed by atoms with Crippen LogP contribution in [-0.4, -0.2) is 23.7 Å². The van der Waals surface area contributed by atoms with Crippen molar-refractivity contribution in [1.29, 1.82) is 0 Å². The molecule has 0 spiro atoms. The van der Waals surface area contributed by atoms with Crippen LogP contribution in [0.1, 0.15) is 18.4 Å². The van der Waals surface area contributed by atoms with Crippen LogP contribution < -0.4 is 0 Å². The number of hydrogen-bond acceptors (Lipinski definition) is 3. The zero-order chi connectivity index (χ0) is 11.4. The van der Waals surface area contributed by atoms with E-state index in [1.54, 1.807) is 11.9 Å². The van der Waals surface area contributed by atoms with Crippen LogP contribution in [0.3, 0.4) is 0 Å². The quantitative estimate of drug-likeness (QED) is 0.593. The van der Waals surface area contributed by atoms with Gasteiger partial charge in [-0.15, -0.1) is 0 Å². The summed E-state index contributed by atoms with van der Waals surface area (Å²) < 4.78 is 2.35. The zero-order valence-corrected chi connectivity index (χ0v) is 10.4. The van der Waals surface area contributed by atoms with Crippen molar-refractivity contribution >= 4 is 18.2 Å². The molecule has 1 saturated heterocycles. The van der Waals surface area contributed by atoms with E-state index in [-0.39, 0.29) is 5.92 Å². The molecule has 1 fully saturated rings. The maximum absolute atomic E-state index is 10.6. The first-order valence-corrected chi connectivity index (χ1v) is 6.50. The molecular weight excluding hydrogens is 218 g/mol. The molecule has 0 radical (unpaired) electrons. The zero-order valence-electron chi connectivity index (χ0n) is 9.56. The third kappa shape index (κ3) is 3.09. The van der Waals surface area contributed by atoms with E-state index in [0.29, 0.717) is 0 Å². The second kappa shape index (κ2) is 5.51. The molecule has 1 heterocycles. The first-order valence-electron chi connectivity index (χ1n) is 5.73. The lowest BCUT2D eigenvalue weighted by atomic mass is 10.0. The molecule has 0 aliphatic carbocycles. The Kier molecular flexibility index (Phi) is 4.02. The van der Waals surface area contributed by atoms with Crippen molar-refractivity contribution in [3.05, 3.63) is 29.8 Å². The average Bonchev–Trinajstić information content (AvgIpc) is 2.33. The number of hydrogen-bond donors (Lipinski definition) is 0. The predicted molar refractivity (Wildman–Crippen MR) is 67.4 cm³/mol. The number of nitrogens with zero attached hydrogens (tertiary/aromatic N) is 1. The van der Waals surface area contributed by atoms with Crippen LogP contribution in [-0.2, 0) is 4.79 Å². The molecule has 3 heteroatoms. The van der Waals surface area contributed by atoms with Crippen LogP contribution in [0.15, 0.2) is 29.2 Å². The summed E-state index contributed by atoms with van der Waals surface area (Å²) in [4.78, 5) is 11.9. The molecule has 86 valence electrons. The van der Waals surface area contributed by atoms with Crippen molar-refractivity contribution in [2.45, 2.75) is 24.7 Å². The second-order valence-electron chi connectivity index (χ2n) is 4.31. The fraction of sp³-hybridized carbons (Fsp3) is 0.462. The molecule has 0 N–H and O–H groups in total. The van der Waals surface area contributed by atoms with E-state index in [1.165, 1.54) is 10.5 Å². The molecule has 0 bridgehead atoms. The Morgan fingerprint density at radius 3 is 2.44 bits per heavy atom. The Balaban J connectivity index is 1.86. The summed E-state index contributed by atoms with van der Waals surface area (Å²) in [7, 11) is 0. The standard InChI is InChI=1S/C13H17NOS/c1-11-2-4-13(5-3-11)16-14-8-6-12(10-15)7-9-14/h2-5,10,12H,6-9H2,1H3. The molecule has 16 heavy (non-hydrogen) atoms. The van der Waals surface area contributed by atoms with Crippen molar-refractivity contribution in [2.24, 2.45) is 5.92 Å². The molecule has 0 saturated carbocycles. The summed E-state index contributed by atoms with van der Waals surface area (Å²) >= 11 is 1.80. The first kappa shape index (κ1) is 11.7. The molecule has 1 aromatic rings. The van der Waals surface area contributed by atoms with E-state index < -0.39 is 0 Å².